The fourth-order valence-electron chi connectivity index (χ4n) is 2.67. The van der Waals surface area contributed by atoms with Crippen LogP contribution in [0.5, 0.6) is 0 Å². The summed E-state index contributed by atoms with van der Waals surface area (Å²) >= 11 is 0. The molecule has 0 aliphatic heterocycles. The molecule has 1 N–H and O–H groups in total. The Balaban J connectivity index is 1.70. The van der Waals surface area contributed by atoms with Crippen molar-refractivity contribution in [2.24, 2.45) is 0 Å². The number of para-hydroxylation sites is 1. The molecule has 0 saturated heterocycles. The quantitative estimate of drug-likeness (QED) is 0.645. The van der Waals surface area contributed by atoms with Crippen molar-refractivity contribution in [2.75, 3.05) is 18.9 Å². The molecule has 0 unspecified atom stereocenters. The van der Waals surface area contributed by atoms with Crippen molar-refractivity contribution in [3.05, 3.63) is 66.4 Å². The first kappa shape index (κ1) is 19.7. The van der Waals surface area contributed by atoms with E-state index in [4.69, 9.17) is 0 Å². The van der Waals surface area contributed by atoms with Crippen molar-refractivity contribution in [1.29, 1.82) is 0 Å². The highest BCUT2D eigenvalue weighted by Gasteiger charge is 2.23. The molecule has 7 nitrogen and oxygen atoms in total. The number of nitrogens with zero attached hydrogens (tertiary/aromatic N) is 2. The van der Waals surface area contributed by atoms with Crippen molar-refractivity contribution in [1.82, 2.24) is 9.29 Å². The molecule has 0 aliphatic carbocycles. The van der Waals surface area contributed by atoms with Gasteiger partial charge in [-0.15, -0.1) is 0 Å². The Morgan fingerprint density at radius 3 is 2.43 bits per heavy atom. The summed E-state index contributed by atoms with van der Waals surface area (Å²) < 4.78 is 26.2. The van der Waals surface area contributed by atoms with Crippen LogP contribution >= 0.6 is 0 Å². The number of nitrogens with one attached hydrogen (secondary N) is 1. The molecule has 8 heteroatoms. The average molecular weight is 397 g/mol. The number of carbonyl (C=O) groups excluding carboxylic acids is 2. The van der Waals surface area contributed by atoms with Crippen LogP contribution in [0.2, 0.25) is 0 Å². The lowest BCUT2D eigenvalue weighted by atomic mass is 10.2. The Morgan fingerprint density at radius 1 is 1.07 bits per heavy atom. The topological polar surface area (TPSA) is 96.4 Å². The van der Waals surface area contributed by atoms with Gasteiger partial charge in [0.15, 0.2) is 5.78 Å². The first-order valence-corrected chi connectivity index (χ1v) is 9.93. The van der Waals surface area contributed by atoms with Crippen LogP contribution in [0.3, 0.4) is 0 Å². The van der Waals surface area contributed by atoms with Gasteiger partial charge < -0.3 is 5.32 Å². The lowest BCUT2D eigenvalue weighted by molar-refractivity contribution is -0.116. The molecule has 28 heavy (non-hydrogen) atoms. The minimum Gasteiger partial charge on any atom is -0.324 e. The molecule has 0 radical (unpaired) electrons. The maximum absolute atomic E-state index is 12.6. The Kier molecular flexibility index (Phi) is 5.53. The van der Waals surface area contributed by atoms with E-state index in [2.05, 4.69) is 10.3 Å². The number of amides is 1. The third-order valence-electron chi connectivity index (χ3n) is 4.21. The largest absolute Gasteiger partial charge is 0.324 e. The molecule has 1 aromatic heterocycles. The highest BCUT2D eigenvalue weighted by Crippen LogP contribution is 2.18. The SMILES string of the molecule is CC(=O)c1ccc(S(=O)(=O)N(C)CC(=O)Nc2cnc3ccccc3c2)cc1. The summed E-state index contributed by atoms with van der Waals surface area (Å²) in [4.78, 5) is 27.9. The fraction of sp³-hybridized carbons (Fsp3) is 0.150. The van der Waals surface area contributed by atoms with E-state index in [0.29, 0.717) is 11.3 Å². The van der Waals surface area contributed by atoms with Crippen LogP contribution in [0.1, 0.15) is 17.3 Å². The zero-order chi connectivity index (χ0) is 20.3. The van der Waals surface area contributed by atoms with Gasteiger partial charge in [0.2, 0.25) is 15.9 Å². The summed E-state index contributed by atoms with van der Waals surface area (Å²) in [6, 6.07) is 14.9. The van der Waals surface area contributed by atoms with Crippen molar-refractivity contribution >= 4 is 38.3 Å². The second-order valence-electron chi connectivity index (χ2n) is 6.31. The number of rotatable bonds is 6. The zero-order valence-corrected chi connectivity index (χ0v) is 16.2. The van der Waals surface area contributed by atoms with Gasteiger partial charge in [-0.2, -0.15) is 4.31 Å². The fourth-order valence-corrected chi connectivity index (χ4v) is 3.80. The second kappa shape index (κ2) is 7.87. The summed E-state index contributed by atoms with van der Waals surface area (Å²) in [6.45, 7) is 1.05. The van der Waals surface area contributed by atoms with Gasteiger partial charge in [-0.3, -0.25) is 14.6 Å². The summed E-state index contributed by atoms with van der Waals surface area (Å²) in [5.41, 5.74) is 1.71. The number of ketones is 1. The van der Waals surface area contributed by atoms with E-state index < -0.39 is 15.9 Å². The molecule has 3 rings (SSSR count). The molecule has 0 aliphatic rings. The molecule has 0 atom stereocenters. The first-order chi connectivity index (χ1) is 13.3. The Morgan fingerprint density at radius 2 is 1.75 bits per heavy atom. The summed E-state index contributed by atoms with van der Waals surface area (Å²) in [5, 5.41) is 3.53. The lowest BCUT2D eigenvalue weighted by Crippen LogP contribution is -2.35. The van der Waals surface area contributed by atoms with Crippen LogP contribution in [-0.2, 0) is 14.8 Å². The van der Waals surface area contributed by atoms with E-state index in [1.807, 2.05) is 24.3 Å². The minimum absolute atomic E-state index is 0.0140. The Labute approximate surface area is 163 Å². The summed E-state index contributed by atoms with van der Waals surface area (Å²) in [7, 11) is -2.53. The van der Waals surface area contributed by atoms with Gasteiger partial charge in [0.1, 0.15) is 0 Å². The predicted octanol–water partition coefficient (Wildman–Crippen LogP) is 2.70. The van der Waals surface area contributed by atoms with Crippen molar-refractivity contribution in [3.8, 4) is 0 Å². The molecule has 2 aromatic carbocycles. The normalized spacial score (nSPS) is 11.5. The standard InChI is InChI=1S/C20H19N3O4S/c1-14(24)15-7-9-18(10-8-15)28(26,27)23(2)13-20(25)22-17-11-16-5-3-4-6-19(16)21-12-17/h3-12H,13H2,1-2H3,(H,22,25). The number of Topliss-reactive ketones (excluding diaryl/α,β-unsaturated/α-hetero) is 1. The Bertz CT molecular complexity index is 1140. The highest BCUT2D eigenvalue weighted by molar-refractivity contribution is 7.89. The van der Waals surface area contributed by atoms with Gasteiger partial charge >= 0.3 is 0 Å². The number of hydrogen-bond donors (Lipinski definition) is 1. The van der Waals surface area contributed by atoms with Crippen molar-refractivity contribution in [2.45, 2.75) is 11.8 Å². The Hall–Kier alpha value is -3.10. The minimum atomic E-state index is -3.86. The van der Waals surface area contributed by atoms with E-state index in [0.717, 1.165) is 15.2 Å². The number of anilines is 1. The number of aromatic nitrogens is 1. The van der Waals surface area contributed by atoms with Crippen LogP contribution in [0.25, 0.3) is 10.9 Å². The maximum atomic E-state index is 12.6. The van der Waals surface area contributed by atoms with Crippen molar-refractivity contribution in [3.63, 3.8) is 0 Å². The van der Waals surface area contributed by atoms with Crippen LogP contribution in [0.15, 0.2) is 65.7 Å². The zero-order valence-electron chi connectivity index (χ0n) is 15.4. The van der Waals surface area contributed by atoms with Crippen LogP contribution < -0.4 is 5.32 Å². The molecule has 0 spiro atoms. The smallest absolute Gasteiger partial charge is 0.243 e. The van der Waals surface area contributed by atoms with E-state index in [1.165, 1.54) is 44.4 Å². The molecule has 1 heterocycles. The molecule has 0 fully saturated rings. The van der Waals surface area contributed by atoms with E-state index in [9.17, 15) is 18.0 Å². The third kappa shape index (κ3) is 4.24. The van der Waals surface area contributed by atoms with Gasteiger partial charge in [0.05, 0.1) is 28.8 Å². The van der Waals surface area contributed by atoms with Gasteiger partial charge in [-0.05, 0) is 31.2 Å². The average Bonchev–Trinajstić information content (AvgIpc) is 2.67. The van der Waals surface area contributed by atoms with Gasteiger partial charge in [0, 0.05) is 18.0 Å². The molecule has 0 saturated carbocycles. The molecule has 144 valence electrons. The van der Waals surface area contributed by atoms with Crippen molar-refractivity contribution < 1.29 is 18.0 Å². The van der Waals surface area contributed by atoms with Gasteiger partial charge in [-0.25, -0.2) is 8.42 Å². The lowest BCUT2D eigenvalue weighted by Gasteiger charge is -2.17. The number of pyridine rings is 1. The predicted molar refractivity (Wildman–Crippen MR) is 107 cm³/mol. The first-order valence-electron chi connectivity index (χ1n) is 8.49. The number of likely N-dealkylation sites (N-methyl/N-ethyl adjacent to an activating group) is 1. The van der Waals surface area contributed by atoms with E-state index >= 15 is 0 Å². The van der Waals surface area contributed by atoms with E-state index in [-0.39, 0.29) is 17.2 Å². The molecule has 3 aromatic rings. The third-order valence-corrected chi connectivity index (χ3v) is 6.03. The van der Waals surface area contributed by atoms with Gasteiger partial charge in [-0.1, -0.05) is 30.3 Å². The number of fused-ring (bicyclic) bond motifs is 1. The van der Waals surface area contributed by atoms with Gasteiger partial charge in [0.25, 0.3) is 0 Å². The molecular weight excluding hydrogens is 378 g/mol. The molecule has 0 bridgehead atoms. The number of sulfonamides is 1. The van der Waals surface area contributed by atoms with Crippen LogP contribution in [0.4, 0.5) is 5.69 Å². The number of carbonyl (C=O) groups is 2. The van der Waals surface area contributed by atoms with Crippen LogP contribution in [0, 0.1) is 0 Å². The monoisotopic (exact) mass is 397 g/mol. The van der Waals surface area contributed by atoms with E-state index in [1.54, 1.807) is 6.07 Å². The summed E-state index contributed by atoms with van der Waals surface area (Å²) in [5.74, 6) is -0.635. The molecular formula is C20H19N3O4S. The maximum Gasteiger partial charge on any atom is 0.243 e. The number of benzene rings is 2. The molecule has 1 amide bonds. The highest BCUT2D eigenvalue weighted by atomic mass is 32.2. The second-order valence-corrected chi connectivity index (χ2v) is 8.35. The van der Waals surface area contributed by atoms with Crippen LogP contribution in [-0.4, -0.2) is 43.0 Å². The number of hydrogen-bond acceptors (Lipinski definition) is 5. The summed E-state index contributed by atoms with van der Waals surface area (Å²) in [6.07, 6.45) is 1.52.